The van der Waals surface area contributed by atoms with Gasteiger partial charge in [0.25, 0.3) is 0 Å². The zero-order valence-electron chi connectivity index (χ0n) is 17.1. The summed E-state index contributed by atoms with van der Waals surface area (Å²) in [6.45, 7) is 2.33. The lowest BCUT2D eigenvalue weighted by Crippen LogP contribution is -1.90. The van der Waals surface area contributed by atoms with Crippen molar-refractivity contribution in [1.82, 2.24) is 0 Å². The molecule has 0 aromatic heterocycles. The minimum Gasteiger partial charge on any atom is -0.396 e. The Balaban J connectivity index is 0.000000171. The lowest BCUT2D eigenvalue weighted by atomic mass is 10.0. The molecule has 1 N–H and O–H groups in total. The van der Waals surface area contributed by atoms with E-state index in [9.17, 15) is 0 Å². The maximum absolute atomic E-state index is 8.84. The van der Waals surface area contributed by atoms with Gasteiger partial charge in [-0.15, -0.1) is 0 Å². The smallest absolute Gasteiger partial charge is 0.0991 e. The summed E-state index contributed by atoms with van der Waals surface area (Å²) in [5.74, 6) is 0. The van der Waals surface area contributed by atoms with E-state index in [0.717, 1.165) is 34.7 Å². The van der Waals surface area contributed by atoms with Crippen molar-refractivity contribution in [1.29, 1.82) is 10.5 Å². The normalized spacial score (nSPS) is 10.1. The van der Waals surface area contributed by atoms with E-state index >= 15 is 0 Å². The highest BCUT2D eigenvalue weighted by Crippen LogP contribution is 2.19. The van der Waals surface area contributed by atoms with Gasteiger partial charge in [-0.05, 0) is 69.8 Å². The molecule has 0 bridgehead atoms. The standard InChI is InChI=1S/C14H13N.C13H11NO/c1-2-3-11-4-6-13-7-5-12(10-15)9-14(13)8-11;14-9-11-2-4-12-3-1-10(5-6-15)7-13(12)8-11/h4-9H,2-3H2,1H3;1-4,7-8,15H,5-6H2. The van der Waals surface area contributed by atoms with Crippen LogP contribution in [0.5, 0.6) is 0 Å². The first-order valence-corrected chi connectivity index (χ1v) is 10.1. The third-order valence-electron chi connectivity index (χ3n) is 5.01. The third-order valence-corrected chi connectivity index (χ3v) is 5.01. The van der Waals surface area contributed by atoms with Gasteiger partial charge in [-0.25, -0.2) is 0 Å². The SMILES string of the molecule is CCCc1ccc2ccc(C#N)cc2c1.N#Cc1ccc2ccc(CCO)cc2c1. The summed E-state index contributed by atoms with van der Waals surface area (Å²) in [6.07, 6.45) is 2.92. The molecule has 3 heteroatoms. The number of nitrogens with zero attached hydrogens (tertiary/aromatic N) is 2. The second-order valence-electron chi connectivity index (χ2n) is 7.24. The van der Waals surface area contributed by atoms with Gasteiger partial charge >= 0.3 is 0 Å². The van der Waals surface area contributed by atoms with Crippen LogP contribution in [0.25, 0.3) is 21.5 Å². The van der Waals surface area contributed by atoms with E-state index in [4.69, 9.17) is 15.6 Å². The van der Waals surface area contributed by atoms with E-state index in [0.29, 0.717) is 12.0 Å². The summed E-state index contributed by atoms with van der Waals surface area (Å²) >= 11 is 0. The van der Waals surface area contributed by atoms with Crippen LogP contribution in [0.1, 0.15) is 35.6 Å². The molecular formula is C27H24N2O. The lowest BCUT2D eigenvalue weighted by Gasteiger charge is -2.02. The first-order valence-electron chi connectivity index (χ1n) is 10.1. The van der Waals surface area contributed by atoms with Gasteiger partial charge in [0.05, 0.1) is 23.3 Å². The zero-order valence-corrected chi connectivity index (χ0v) is 17.1. The van der Waals surface area contributed by atoms with Gasteiger partial charge < -0.3 is 5.11 Å². The topological polar surface area (TPSA) is 67.8 Å². The predicted molar refractivity (Wildman–Crippen MR) is 122 cm³/mol. The molecule has 0 fully saturated rings. The first-order chi connectivity index (χ1) is 14.7. The molecule has 148 valence electrons. The van der Waals surface area contributed by atoms with Crippen molar-refractivity contribution in [2.45, 2.75) is 26.2 Å². The van der Waals surface area contributed by atoms with Gasteiger partial charge in [0.15, 0.2) is 0 Å². The van der Waals surface area contributed by atoms with Crippen LogP contribution in [-0.2, 0) is 12.8 Å². The average molecular weight is 393 g/mol. The molecule has 30 heavy (non-hydrogen) atoms. The third kappa shape index (κ3) is 5.23. The van der Waals surface area contributed by atoms with Crippen LogP contribution in [0.15, 0.2) is 72.8 Å². The molecular weight excluding hydrogens is 368 g/mol. The van der Waals surface area contributed by atoms with Gasteiger partial charge in [0.1, 0.15) is 0 Å². The van der Waals surface area contributed by atoms with Crippen molar-refractivity contribution < 1.29 is 5.11 Å². The number of nitriles is 2. The van der Waals surface area contributed by atoms with Crippen LogP contribution in [0.4, 0.5) is 0 Å². The molecule has 0 saturated heterocycles. The Morgan fingerprint density at radius 2 is 1.10 bits per heavy atom. The fraction of sp³-hybridized carbons (Fsp3) is 0.185. The number of rotatable bonds is 4. The second kappa shape index (κ2) is 10.2. The van der Waals surface area contributed by atoms with Crippen LogP contribution in [0, 0.1) is 22.7 Å². The van der Waals surface area contributed by atoms with E-state index < -0.39 is 0 Å². The molecule has 0 heterocycles. The van der Waals surface area contributed by atoms with Gasteiger partial charge in [-0.2, -0.15) is 10.5 Å². The van der Waals surface area contributed by atoms with Gasteiger partial charge in [0, 0.05) is 6.61 Å². The molecule has 0 spiro atoms. The molecule has 4 aromatic carbocycles. The Hall–Kier alpha value is -3.66. The molecule has 0 aliphatic heterocycles. The largest absolute Gasteiger partial charge is 0.396 e. The van der Waals surface area contributed by atoms with Crippen molar-refractivity contribution in [2.75, 3.05) is 6.61 Å². The Labute approximate surface area is 177 Å². The van der Waals surface area contributed by atoms with Crippen LogP contribution in [0.3, 0.4) is 0 Å². The van der Waals surface area contributed by atoms with E-state index in [-0.39, 0.29) is 6.61 Å². The molecule has 0 aliphatic rings. The second-order valence-corrected chi connectivity index (χ2v) is 7.24. The van der Waals surface area contributed by atoms with Gasteiger partial charge in [-0.3, -0.25) is 0 Å². The van der Waals surface area contributed by atoms with Crippen LogP contribution >= 0.6 is 0 Å². The maximum atomic E-state index is 8.84. The van der Waals surface area contributed by atoms with E-state index in [1.165, 1.54) is 16.3 Å². The highest BCUT2D eigenvalue weighted by molar-refractivity contribution is 5.85. The zero-order chi connectivity index (χ0) is 21.3. The minimum absolute atomic E-state index is 0.156. The predicted octanol–water partition coefficient (Wildman–Crippen LogP) is 5.91. The Kier molecular flexibility index (Phi) is 7.17. The summed E-state index contributed by atoms with van der Waals surface area (Å²) in [4.78, 5) is 0. The summed E-state index contributed by atoms with van der Waals surface area (Å²) in [5, 5.41) is 31.0. The Bertz CT molecular complexity index is 1150. The number of hydrogen-bond donors (Lipinski definition) is 1. The average Bonchev–Trinajstić information content (AvgIpc) is 2.79. The van der Waals surface area contributed by atoms with E-state index in [2.05, 4.69) is 37.3 Å². The Morgan fingerprint density at radius 3 is 1.53 bits per heavy atom. The van der Waals surface area contributed by atoms with Crippen LogP contribution in [0.2, 0.25) is 0 Å². The summed E-state index contributed by atoms with van der Waals surface area (Å²) in [6, 6.07) is 28.2. The molecule has 0 atom stereocenters. The highest BCUT2D eigenvalue weighted by atomic mass is 16.2. The highest BCUT2D eigenvalue weighted by Gasteiger charge is 1.99. The van der Waals surface area contributed by atoms with Crippen molar-refractivity contribution in [3.8, 4) is 12.1 Å². The molecule has 0 radical (unpaired) electrons. The number of aliphatic hydroxyl groups excluding tert-OH is 1. The van der Waals surface area contributed by atoms with E-state index in [1.54, 1.807) is 0 Å². The number of aryl methyl sites for hydroxylation is 1. The molecule has 4 aromatic rings. The summed E-state index contributed by atoms with van der Waals surface area (Å²) in [7, 11) is 0. The molecule has 0 unspecified atom stereocenters. The number of fused-ring (bicyclic) bond motifs is 2. The number of hydrogen-bond acceptors (Lipinski definition) is 3. The Morgan fingerprint density at radius 1 is 0.633 bits per heavy atom. The van der Waals surface area contributed by atoms with Crippen molar-refractivity contribution in [3.05, 3.63) is 95.1 Å². The number of aliphatic hydroxyl groups is 1. The summed E-state index contributed by atoms with van der Waals surface area (Å²) in [5.41, 5.74) is 3.85. The number of benzene rings is 4. The van der Waals surface area contributed by atoms with Crippen molar-refractivity contribution >= 4 is 21.5 Å². The lowest BCUT2D eigenvalue weighted by molar-refractivity contribution is 0.299. The van der Waals surface area contributed by atoms with Crippen LogP contribution in [-0.4, -0.2) is 11.7 Å². The maximum Gasteiger partial charge on any atom is 0.0991 e. The van der Waals surface area contributed by atoms with Crippen LogP contribution < -0.4 is 0 Å². The fourth-order valence-corrected chi connectivity index (χ4v) is 3.46. The molecule has 0 aliphatic carbocycles. The van der Waals surface area contributed by atoms with Crippen molar-refractivity contribution in [3.63, 3.8) is 0 Å². The molecule has 4 rings (SSSR count). The monoisotopic (exact) mass is 392 g/mol. The first kappa shape index (κ1) is 21.1. The van der Waals surface area contributed by atoms with E-state index in [1.807, 2.05) is 54.6 Å². The quantitative estimate of drug-likeness (QED) is 0.469. The van der Waals surface area contributed by atoms with Gasteiger partial charge in [-0.1, -0.05) is 61.9 Å². The van der Waals surface area contributed by atoms with Crippen molar-refractivity contribution in [2.24, 2.45) is 0 Å². The summed E-state index contributed by atoms with van der Waals surface area (Å²) < 4.78 is 0. The molecule has 3 nitrogen and oxygen atoms in total. The van der Waals surface area contributed by atoms with Gasteiger partial charge in [0.2, 0.25) is 0 Å². The molecule has 0 saturated carbocycles. The molecule has 0 amide bonds. The minimum atomic E-state index is 0.156. The fourth-order valence-electron chi connectivity index (χ4n) is 3.46.